The van der Waals surface area contributed by atoms with E-state index in [-0.39, 0.29) is 17.2 Å². The minimum atomic E-state index is -1.10. The number of nitrogens with one attached hydrogen (secondary N) is 1. The molecule has 0 aliphatic heterocycles. The van der Waals surface area contributed by atoms with Crippen molar-refractivity contribution in [2.24, 2.45) is 5.41 Å². The lowest BCUT2D eigenvalue weighted by Crippen LogP contribution is -2.47. The molecule has 4 heteroatoms. The van der Waals surface area contributed by atoms with Crippen molar-refractivity contribution >= 4 is 17.5 Å². The molecule has 0 fully saturated rings. The van der Waals surface area contributed by atoms with Crippen LogP contribution in [0.15, 0.2) is 24.3 Å². The highest BCUT2D eigenvalue weighted by Crippen LogP contribution is 2.31. The third-order valence-electron chi connectivity index (χ3n) is 4.14. The standard InChI is InChI=1S/C19H30N2O2/c1-8-21(9-2)17(23)19(6,7)16(22)20-15-13-11-10-12-14(15)18(3,4)5/h10-13H,8-9H2,1-7H3,(H,20,22). The van der Waals surface area contributed by atoms with Gasteiger partial charge in [0.15, 0.2) is 0 Å². The molecule has 0 unspecified atom stereocenters. The van der Waals surface area contributed by atoms with Crippen molar-refractivity contribution in [3.8, 4) is 0 Å². The molecule has 0 spiro atoms. The van der Waals surface area contributed by atoms with Crippen LogP contribution in [0.2, 0.25) is 0 Å². The molecule has 1 aromatic carbocycles. The van der Waals surface area contributed by atoms with Crippen molar-refractivity contribution in [1.29, 1.82) is 0 Å². The van der Waals surface area contributed by atoms with Crippen molar-refractivity contribution < 1.29 is 9.59 Å². The van der Waals surface area contributed by atoms with Gasteiger partial charge in [0.2, 0.25) is 11.8 Å². The summed E-state index contributed by atoms with van der Waals surface area (Å²) < 4.78 is 0. The molecule has 0 aliphatic carbocycles. The van der Waals surface area contributed by atoms with Gasteiger partial charge >= 0.3 is 0 Å². The number of benzene rings is 1. The molecule has 2 amide bonds. The fourth-order valence-corrected chi connectivity index (χ4v) is 2.53. The Bertz CT molecular complexity index is 567. The van der Waals surface area contributed by atoms with E-state index < -0.39 is 5.41 Å². The maximum Gasteiger partial charge on any atom is 0.239 e. The Morgan fingerprint density at radius 2 is 1.52 bits per heavy atom. The molecule has 0 saturated carbocycles. The van der Waals surface area contributed by atoms with Crippen molar-refractivity contribution in [2.45, 2.75) is 53.9 Å². The third kappa shape index (κ3) is 4.34. The number of nitrogens with zero attached hydrogens (tertiary/aromatic N) is 1. The van der Waals surface area contributed by atoms with Crippen LogP contribution in [0.5, 0.6) is 0 Å². The summed E-state index contributed by atoms with van der Waals surface area (Å²) in [6.07, 6.45) is 0. The second-order valence-electron chi connectivity index (χ2n) is 7.35. The maximum absolute atomic E-state index is 12.7. The second-order valence-corrected chi connectivity index (χ2v) is 7.35. The molecular formula is C19H30N2O2. The summed E-state index contributed by atoms with van der Waals surface area (Å²) in [6, 6.07) is 7.75. The van der Waals surface area contributed by atoms with Gasteiger partial charge in [0.05, 0.1) is 0 Å². The largest absolute Gasteiger partial charge is 0.342 e. The van der Waals surface area contributed by atoms with Crippen molar-refractivity contribution in [3.63, 3.8) is 0 Å². The summed E-state index contributed by atoms with van der Waals surface area (Å²) in [7, 11) is 0. The monoisotopic (exact) mass is 318 g/mol. The molecule has 1 N–H and O–H groups in total. The lowest BCUT2D eigenvalue weighted by molar-refractivity contribution is -0.146. The highest BCUT2D eigenvalue weighted by molar-refractivity contribution is 6.10. The summed E-state index contributed by atoms with van der Waals surface area (Å²) in [5.41, 5.74) is 0.637. The summed E-state index contributed by atoms with van der Waals surface area (Å²) >= 11 is 0. The summed E-state index contributed by atoms with van der Waals surface area (Å²) in [5.74, 6) is -0.417. The first-order chi connectivity index (χ1) is 10.6. The van der Waals surface area contributed by atoms with Gasteiger partial charge in [-0.3, -0.25) is 9.59 Å². The fraction of sp³-hybridized carbons (Fsp3) is 0.579. The Labute approximate surface area is 140 Å². The number of carbonyl (C=O) groups excluding carboxylic acids is 2. The van der Waals surface area contributed by atoms with E-state index in [0.29, 0.717) is 13.1 Å². The van der Waals surface area contributed by atoms with Crippen LogP contribution in [-0.4, -0.2) is 29.8 Å². The second kappa shape index (κ2) is 7.16. The van der Waals surface area contributed by atoms with Gasteiger partial charge in [0.25, 0.3) is 0 Å². The Morgan fingerprint density at radius 3 is 2.00 bits per heavy atom. The molecule has 0 radical (unpaired) electrons. The molecule has 4 nitrogen and oxygen atoms in total. The quantitative estimate of drug-likeness (QED) is 0.839. The molecular weight excluding hydrogens is 288 g/mol. The van der Waals surface area contributed by atoms with Crippen LogP contribution in [-0.2, 0) is 15.0 Å². The molecule has 0 bridgehead atoms. The smallest absolute Gasteiger partial charge is 0.239 e. The first-order valence-electron chi connectivity index (χ1n) is 8.26. The van der Waals surface area contributed by atoms with Gasteiger partial charge in [-0.15, -0.1) is 0 Å². The van der Waals surface area contributed by atoms with Crippen LogP contribution in [0.3, 0.4) is 0 Å². The lowest BCUT2D eigenvalue weighted by atomic mass is 9.85. The molecule has 0 heterocycles. The SMILES string of the molecule is CCN(CC)C(=O)C(C)(C)C(=O)Nc1ccccc1C(C)(C)C. The van der Waals surface area contributed by atoms with E-state index in [1.807, 2.05) is 38.1 Å². The van der Waals surface area contributed by atoms with Gasteiger partial charge in [-0.05, 0) is 44.7 Å². The van der Waals surface area contributed by atoms with Crippen molar-refractivity contribution in [3.05, 3.63) is 29.8 Å². The molecule has 0 saturated heterocycles. The number of carbonyl (C=O) groups is 2. The summed E-state index contributed by atoms with van der Waals surface area (Å²) in [5, 5.41) is 2.95. The van der Waals surface area contributed by atoms with Crippen LogP contribution in [0, 0.1) is 5.41 Å². The van der Waals surface area contributed by atoms with E-state index >= 15 is 0 Å². The van der Waals surface area contributed by atoms with Gasteiger partial charge in [0.1, 0.15) is 5.41 Å². The number of rotatable bonds is 5. The molecule has 0 aliphatic rings. The van der Waals surface area contributed by atoms with E-state index in [2.05, 4.69) is 26.1 Å². The Morgan fingerprint density at radius 1 is 1.00 bits per heavy atom. The number of hydrogen-bond acceptors (Lipinski definition) is 2. The highest BCUT2D eigenvalue weighted by Gasteiger charge is 2.38. The summed E-state index contributed by atoms with van der Waals surface area (Å²) in [4.78, 5) is 27.0. The predicted molar refractivity (Wildman–Crippen MR) is 95.5 cm³/mol. The Hall–Kier alpha value is -1.84. The van der Waals surface area contributed by atoms with Crippen molar-refractivity contribution in [1.82, 2.24) is 4.90 Å². The normalized spacial score (nSPS) is 12.0. The maximum atomic E-state index is 12.7. The minimum Gasteiger partial charge on any atom is -0.342 e. The first-order valence-corrected chi connectivity index (χ1v) is 8.26. The average molecular weight is 318 g/mol. The average Bonchev–Trinajstić information content (AvgIpc) is 2.47. The Balaban J connectivity index is 3.06. The highest BCUT2D eigenvalue weighted by atomic mass is 16.2. The minimum absolute atomic E-state index is 0.0864. The van der Waals surface area contributed by atoms with Crippen LogP contribution in [0.1, 0.15) is 54.0 Å². The zero-order valence-electron chi connectivity index (χ0n) is 15.5. The van der Waals surface area contributed by atoms with Crippen LogP contribution in [0.4, 0.5) is 5.69 Å². The summed E-state index contributed by atoms with van der Waals surface area (Å²) in [6.45, 7) is 14.7. The molecule has 1 aromatic rings. The molecule has 0 aromatic heterocycles. The molecule has 23 heavy (non-hydrogen) atoms. The van der Waals surface area contributed by atoms with E-state index in [9.17, 15) is 9.59 Å². The Kier molecular flexibility index (Phi) is 5.98. The first kappa shape index (κ1) is 19.2. The number of anilines is 1. The molecule has 128 valence electrons. The predicted octanol–water partition coefficient (Wildman–Crippen LogP) is 3.82. The van der Waals surface area contributed by atoms with Crippen LogP contribution >= 0.6 is 0 Å². The zero-order valence-corrected chi connectivity index (χ0v) is 15.5. The van der Waals surface area contributed by atoms with Gasteiger partial charge in [-0.2, -0.15) is 0 Å². The van der Waals surface area contributed by atoms with E-state index in [4.69, 9.17) is 0 Å². The number of amides is 2. The van der Waals surface area contributed by atoms with Gasteiger partial charge in [-0.25, -0.2) is 0 Å². The lowest BCUT2D eigenvalue weighted by Gasteiger charge is -2.30. The third-order valence-corrected chi connectivity index (χ3v) is 4.14. The number of para-hydroxylation sites is 1. The fourth-order valence-electron chi connectivity index (χ4n) is 2.53. The van der Waals surface area contributed by atoms with Crippen LogP contribution in [0.25, 0.3) is 0 Å². The van der Waals surface area contributed by atoms with E-state index in [1.54, 1.807) is 18.7 Å². The van der Waals surface area contributed by atoms with E-state index in [0.717, 1.165) is 11.3 Å². The molecule has 1 rings (SSSR count). The van der Waals surface area contributed by atoms with Gasteiger partial charge in [-0.1, -0.05) is 39.0 Å². The molecule has 0 atom stereocenters. The van der Waals surface area contributed by atoms with Gasteiger partial charge < -0.3 is 10.2 Å². The van der Waals surface area contributed by atoms with Crippen molar-refractivity contribution in [2.75, 3.05) is 18.4 Å². The van der Waals surface area contributed by atoms with Gasteiger partial charge in [0, 0.05) is 18.8 Å². The number of hydrogen-bond donors (Lipinski definition) is 1. The van der Waals surface area contributed by atoms with E-state index in [1.165, 1.54) is 0 Å². The van der Waals surface area contributed by atoms with Crippen LogP contribution < -0.4 is 5.32 Å². The topological polar surface area (TPSA) is 49.4 Å². The zero-order chi connectivity index (χ0) is 17.8.